The maximum absolute atomic E-state index is 13.6. The molecule has 1 unspecified atom stereocenters. The molecule has 2 aromatic carbocycles. The van der Waals surface area contributed by atoms with Crippen molar-refractivity contribution >= 4 is 29.1 Å². The highest BCUT2D eigenvalue weighted by atomic mass is 35.5. The van der Waals surface area contributed by atoms with Crippen molar-refractivity contribution in [1.82, 2.24) is 4.98 Å². The number of hydrogen-bond donors (Lipinski definition) is 0. The van der Waals surface area contributed by atoms with Crippen molar-refractivity contribution in [1.29, 1.82) is 0 Å². The van der Waals surface area contributed by atoms with E-state index in [1.54, 1.807) is 6.20 Å². The molecular formula is C29H25ClN2O3. The predicted molar refractivity (Wildman–Crippen MR) is 135 cm³/mol. The number of carbonyl (C=O) groups excluding carboxylic acids is 2. The van der Waals surface area contributed by atoms with Crippen LogP contribution in [0.15, 0.2) is 95.3 Å². The molecule has 6 heteroatoms. The summed E-state index contributed by atoms with van der Waals surface area (Å²) < 4.78 is 5.71. The largest absolute Gasteiger partial charge is 0.460 e. The Morgan fingerprint density at radius 2 is 1.74 bits per heavy atom. The number of benzene rings is 2. The molecule has 0 amide bonds. The van der Waals surface area contributed by atoms with Gasteiger partial charge in [0.1, 0.15) is 12.5 Å². The molecule has 0 N–H and O–H groups in total. The standard InChI is InChI=1S/C29H25ClN2O3/c1-18-26(29(34)35-17-19-7-3-2-4-8-19)28(23-9-5-6-14-31-23)27-24(32-18)15-21(16-25(27)33)20-10-12-22(30)13-11-20/h2-14,21,26,28H,15-17H2,1H3/t21-,26?,28-/m1/s1. The topological polar surface area (TPSA) is 68.6 Å². The first-order valence-corrected chi connectivity index (χ1v) is 12.1. The highest BCUT2D eigenvalue weighted by molar-refractivity contribution is 6.30. The Morgan fingerprint density at radius 1 is 1.00 bits per heavy atom. The Morgan fingerprint density at radius 3 is 2.46 bits per heavy atom. The van der Waals surface area contributed by atoms with E-state index in [-0.39, 0.29) is 18.3 Å². The highest BCUT2D eigenvalue weighted by Gasteiger charge is 2.45. The minimum absolute atomic E-state index is 0.000961. The Hall–Kier alpha value is -3.57. The van der Waals surface area contributed by atoms with E-state index in [0.717, 1.165) is 16.8 Å². The summed E-state index contributed by atoms with van der Waals surface area (Å²) in [6.07, 6.45) is 2.66. The molecule has 3 atom stereocenters. The van der Waals surface area contributed by atoms with Crippen LogP contribution in [0.2, 0.25) is 5.02 Å². The third-order valence-electron chi connectivity index (χ3n) is 6.71. The number of nitrogens with zero attached hydrogens (tertiary/aromatic N) is 2. The van der Waals surface area contributed by atoms with Crippen molar-refractivity contribution in [2.75, 3.05) is 0 Å². The second-order valence-corrected chi connectivity index (χ2v) is 9.43. The number of pyridine rings is 1. The number of aromatic nitrogens is 1. The van der Waals surface area contributed by atoms with Crippen molar-refractivity contribution in [2.24, 2.45) is 10.9 Å². The van der Waals surface area contributed by atoms with E-state index in [9.17, 15) is 9.59 Å². The first-order valence-electron chi connectivity index (χ1n) is 11.7. The van der Waals surface area contributed by atoms with Gasteiger partial charge in [-0.1, -0.05) is 60.1 Å². The number of allylic oxidation sites excluding steroid dienone is 2. The smallest absolute Gasteiger partial charge is 0.316 e. The first kappa shape index (κ1) is 23.2. The highest BCUT2D eigenvalue weighted by Crippen LogP contribution is 2.46. The molecule has 1 aliphatic heterocycles. The molecule has 0 saturated carbocycles. The Bertz CT molecular complexity index is 1300. The van der Waals surface area contributed by atoms with Crippen LogP contribution < -0.4 is 0 Å². The number of ether oxygens (including phenoxy) is 1. The van der Waals surface area contributed by atoms with Gasteiger partial charge in [-0.2, -0.15) is 0 Å². The minimum Gasteiger partial charge on any atom is -0.460 e. The Kier molecular flexibility index (Phi) is 6.60. The lowest BCUT2D eigenvalue weighted by Crippen LogP contribution is -2.38. The van der Waals surface area contributed by atoms with Gasteiger partial charge in [-0.3, -0.25) is 19.6 Å². The van der Waals surface area contributed by atoms with Gasteiger partial charge in [-0.05, 0) is 54.7 Å². The van der Waals surface area contributed by atoms with E-state index in [1.165, 1.54) is 0 Å². The van der Waals surface area contributed by atoms with Crippen LogP contribution in [0.4, 0.5) is 0 Å². The molecule has 176 valence electrons. The number of halogens is 1. The zero-order chi connectivity index (χ0) is 24.4. The molecule has 0 fully saturated rings. The van der Waals surface area contributed by atoms with Gasteiger partial charge in [0.05, 0.1) is 5.92 Å². The summed E-state index contributed by atoms with van der Waals surface area (Å²) in [6, 6.07) is 22.7. The van der Waals surface area contributed by atoms with Crippen LogP contribution in [-0.2, 0) is 20.9 Å². The van der Waals surface area contributed by atoms with Crippen molar-refractivity contribution in [3.63, 3.8) is 0 Å². The second-order valence-electron chi connectivity index (χ2n) is 9.00. The van der Waals surface area contributed by atoms with Crippen molar-refractivity contribution in [3.05, 3.63) is 112 Å². The third kappa shape index (κ3) is 4.82. The van der Waals surface area contributed by atoms with Gasteiger partial charge in [0, 0.05) is 40.3 Å². The van der Waals surface area contributed by atoms with Crippen LogP contribution in [-0.4, -0.2) is 22.4 Å². The second kappa shape index (κ2) is 9.96. The fourth-order valence-electron chi connectivity index (χ4n) is 5.03. The molecule has 1 aromatic heterocycles. The van der Waals surface area contributed by atoms with Crippen molar-refractivity contribution < 1.29 is 14.3 Å². The lowest BCUT2D eigenvalue weighted by atomic mass is 9.70. The molecule has 5 nitrogen and oxygen atoms in total. The molecule has 2 heterocycles. The minimum atomic E-state index is -0.705. The summed E-state index contributed by atoms with van der Waals surface area (Å²) in [5, 5.41) is 0.661. The third-order valence-corrected chi connectivity index (χ3v) is 6.97. The van der Waals surface area contributed by atoms with Crippen LogP contribution >= 0.6 is 11.6 Å². The molecule has 0 saturated heterocycles. The molecule has 2 aliphatic rings. The van der Waals surface area contributed by atoms with Crippen LogP contribution in [0.5, 0.6) is 0 Å². The zero-order valence-corrected chi connectivity index (χ0v) is 20.1. The molecule has 3 aromatic rings. The van der Waals surface area contributed by atoms with E-state index in [1.807, 2.05) is 79.7 Å². The van der Waals surface area contributed by atoms with E-state index >= 15 is 0 Å². The number of Topliss-reactive ketones (excluding diaryl/α,β-unsaturated/α-hetero) is 1. The first-order chi connectivity index (χ1) is 17.0. The van der Waals surface area contributed by atoms with Gasteiger partial charge in [0.15, 0.2) is 5.78 Å². The summed E-state index contributed by atoms with van der Waals surface area (Å²) >= 11 is 6.06. The molecule has 5 rings (SSSR count). The van der Waals surface area contributed by atoms with E-state index in [0.29, 0.717) is 34.8 Å². The molecular weight excluding hydrogens is 460 g/mol. The number of aliphatic imine (C=N–C) groups is 1. The van der Waals surface area contributed by atoms with Gasteiger partial charge >= 0.3 is 5.97 Å². The molecule has 0 spiro atoms. The fourth-order valence-corrected chi connectivity index (χ4v) is 5.16. The van der Waals surface area contributed by atoms with Crippen molar-refractivity contribution in [3.8, 4) is 0 Å². The zero-order valence-electron chi connectivity index (χ0n) is 19.4. The lowest BCUT2D eigenvalue weighted by molar-refractivity contribution is -0.148. The fraction of sp³-hybridized carbons (Fsp3) is 0.241. The van der Waals surface area contributed by atoms with E-state index in [2.05, 4.69) is 4.98 Å². The van der Waals surface area contributed by atoms with Gasteiger partial charge in [-0.25, -0.2) is 0 Å². The molecule has 0 radical (unpaired) electrons. The predicted octanol–water partition coefficient (Wildman–Crippen LogP) is 6.05. The van der Waals surface area contributed by atoms with Gasteiger partial charge in [-0.15, -0.1) is 0 Å². The number of rotatable bonds is 5. The summed E-state index contributed by atoms with van der Waals surface area (Å²) in [4.78, 5) is 36.3. The van der Waals surface area contributed by atoms with Gasteiger partial charge < -0.3 is 4.74 Å². The average molecular weight is 485 g/mol. The summed E-state index contributed by atoms with van der Waals surface area (Å²) in [6.45, 7) is 2.00. The van der Waals surface area contributed by atoms with Crippen molar-refractivity contribution in [2.45, 2.75) is 38.2 Å². The number of ketones is 1. The number of esters is 1. The number of hydrogen-bond acceptors (Lipinski definition) is 5. The normalized spacial score (nSPS) is 21.8. The van der Waals surface area contributed by atoms with E-state index in [4.69, 9.17) is 21.3 Å². The Balaban J connectivity index is 1.49. The van der Waals surface area contributed by atoms with Gasteiger partial charge in [0.25, 0.3) is 0 Å². The summed E-state index contributed by atoms with van der Waals surface area (Å²) in [5.41, 5.74) is 4.60. The molecule has 1 aliphatic carbocycles. The maximum atomic E-state index is 13.6. The summed E-state index contributed by atoms with van der Waals surface area (Å²) in [5.74, 6) is -1.61. The van der Waals surface area contributed by atoms with E-state index < -0.39 is 17.8 Å². The SMILES string of the molecule is CC1=NC2=C(C(=O)C[C@H](c3ccc(Cl)cc3)C2)[C@H](c2ccccn2)C1C(=O)OCc1ccccc1. The average Bonchev–Trinajstić information content (AvgIpc) is 2.88. The number of carbonyl (C=O) groups is 2. The maximum Gasteiger partial charge on any atom is 0.316 e. The molecule has 0 bridgehead atoms. The van der Waals surface area contributed by atoms with Crippen LogP contribution in [0.1, 0.15) is 48.4 Å². The monoisotopic (exact) mass is 484 g/mol. The van der Waals surface area contributed by atoms with Gasteiger partial charge in [0.2, 0.25) is 0 Å². The molecule has 35 heavy (non-hydrogen) atoms. The Labute approximate surface area is 209 Å². The van der Waals surface area contributed by atoms with Crippen LogP contribution in [0.25, 0.3) is 0 Å². The lowest BCUT2D eigenvalue weighted by Gasteiger charge is -2.36. The van der Waals surface area contributed by atoms with Crippen LogP contribution in [0, 0.1) is 5.92 Å². The quantitative estimate of drug-likeness (QED) is 0.413. The summed E-state index contributed by atoms with van der Waals surface area (Å²) in [7, 11) is 0. The van der Waals surface area contributed by atoms with Crippen LogP contribution in [0.3, 0.4) is 0 Å².